The Balaban J connectivity index is 1.55. The maximum absolute atomic E-state index is 12.7. The summed E-state index contributed by atoms with van der Waals surface area (Å²) in [6.45, 7) is 3.16. The van der Waals surface area contributed by atoms with Crippen LogP contribution in [0, 0.1) is 5.92 Å². The third-order valence-corrected chi connectivity index (χ3v) is 4.91. The highest BCUT2D eigenvalue weighted by Gasteiger charge is 2.26. The van der Waals surface area contributed by atoms with Crippen molar-refractivity contribution in [2.45, 2.75) is 19.5 Å². The first-order chi connectivity index (χ1) is 12.1. The number of rotatable bonds is 5. The molecule has 2 heterocycles. The molecule has 0 aromatic heterocycles. The SMILES string of the molecule is O=C(c1ccccc1OC(F)F)N1CCN(CC2CCCNC2)CC1. The summed E-state index contributed by atoms with van der Waals surface area (Å²) >= 11 is 0. The lowest BCUT2D eigenvalue weighted by molar-refractivity contribution is -0.0503. The van der Waals surface area contributed by atoms with Crippen LogP contribution in [-0.2, 0) is 0 Å². The molecule has 1 aromatic rings. The predicted octanol–water partition coefficient (Wildman–Crippen LogP) is 2.05. The van der Waals surface area contributed by atoms with Crippen molar-refractivity contribution in [1.82, 2.24) is 15.1 Å². The Bertz CT molecular complexity index is 571. The van der Waals surface area contributed by atoms with Gasteiger partial charge in [-0.25, -0.2) is 0 Å². The van der Waals surface area contributed by atoms with Gasteiger partial charge in [0.1, 0.15) is 5.75 Å². The Hall–Kier alpha value is -1.73. The van der Waals surface area contributed by atoms with Gasteiger partial charge in [-0.1, -0.05) is 12.1 Å². The fourth-order valence-corrected chi connectivity index (χ4v) is 3.59. The van der Waals surface area contributed by atoms with Gasteiger partial charge in [-0.15, -0.1) is 0 Å². The summed E-state index contributed by atoms with van der Waals surface area (Å²) in [7, 11) is 0. The number of piperidine rings is 1. The number of nitrogens with one attached hydrogen (secondary N) is 1. The molecule has 0 radical (unpaired) electrons. The van der Waals surface area contributed by atoms with Crippen LogP contribution >= 0.6 is 0 Å². The zero-order valence-corrected chi connectivity index (χ0v) is 14.3. The average Bonchev–Trinajstić information content (AvgIpc) is 2.63. The summed E-state index contributed by atoms with van der Waals surface area (Å²) in [4.78, 5) is 16.8. The number of carbonyl (C=O) groups excluding carboxylic acids is 1. The molecule has 3 rings (SSSR count). The van der Waals surface area contributed by atoms with Crippen LogP contribution in [0.1, 0.15) is 23.2 Å². The van der Waals surface area contributed by atoms with E-state index in [-0.39, 0.29) is 17.2 Å². The molecule has 1 amide bonds. The van der Waals surface area contributed by atoms with Crippen LogP contribution in [-0.4, -0.2) is 68.1 Å². The van der Waals surface area contributed by atoms with E-state index in [9.17, 15) is 13.6 Å². The van der Waals surface area contributed by atoms with Crippen LogP contribution in [0.25, 0.3) is 0 Å². The van der Waals surface area contributed by atoms with Crippen LogP contribution in [0.15, 0.2) is 24.3 Å². The molecule has 0 bridgehead atoms. The highest BCUT2D eigenvalue weighted by atomic mass is 19.3. The van der Waals surface area contributed by atoms with Crippen molar-refractivity contribution in [1.29, 1.82) is 0 Å². The Morgan fingerprint density at radius 1 is 1.24 bits per heavy atom. The van der Waals surface area contributed by atoms with Crippen LogP contribution in [0.3, 0.4) is 0 Å². The molecule has 1 atom stereocenters. The quantitative estimate of drug-likeness (QED) is 0.880. The van der Waals surface area contributed by atoms with E-state index < -0.39 is 6.61 Å². The van der Waals surface area contributed by atoms with E-state index in [4.69, 9.17) is 0 Å². The Kier molecular flexibility index (Phi) is 6.20. The van der Waals surface area contributed by atoms with Gasteiger partial charge in [0.2, 0.25) is 0 Å². The molecule has 25 heavy (non-hydrogen) atoms. The molecular formula is C18H25F2N3O2. The summed E-state index contributed by atoms with van der Waals surface area (Å²) in [5.74, 6) is 0.379. The van der Waals surface area contributed by atoms with E-state index in [1.54, 1.807) is 23.1 Å². The van der Waals surface area contributed by atoms with Gasteiger partial charge >= 0.3 is 6.61 Å². The Morgan fingerprint density at radius 3 is 2.68 bits per heavy atom. The number of piperazine rings is 1. The van der Waals surface area contributed by atoms with Gasteiger partial charge in [0.05, 0.1) is 5.56 Å². The molecule has 2 fully saturated rings. The van der Waals surface area contributed by atoms with Crippen molar-refractivity contribution < 1.29 is 18.3 Å². The van der Waals surface area contributed by atoms with Crippen LogP contribution < -0.4 is 10.1 Å². The minimum absolute atomic E-state index is 0.0572. The highest BCUT2D eigenvalue weighted by molar-refractivity contribution is 5.97. The lowest BCUT2D eigenvalue weighted by atomic mass is 9.99. The number of carbonyl (C=O) groups is 1. The molecule has 1 N–H and O–H groups in total. The standard InChI is InChI=1S/C18H25F2N3O2/c19-18(20)25-16-6-2-1-5-15(16)17(24)23-10-8-22(9-11-23)13-14-4-3-7-21-12-14/h1-2,5-6,14,18,21H,3-4,7-13H2. The van der Waals surface area contributed by atoms with Gasteiger partial charge < -0.3 is 15.0 Å². The molecule has 1 aromatic carbocycles. The van der Waals surface area contributed by atoms with E-state index in [1.807, 2.05) is 0 Å². The van der Waals surface area contributed by atoms with Crippen molar-refractivity contribution in [3.8, 4) is 5.75 Å². The van der Waals surface area contributed by atoms with Gasteiger partial charge in [-0.2, -0.15) is 8.78 Å². The summed E-state index contributed by atoms with van der Waals surface area (Å²) in [6.07, 6.45) is 2.48. The molecule has 0 spiro atoms. The normalized spacial score (nSPS) is 22.2. The van der Waals surface area contributed by atoms with E-state index >= 15 is 0 Å². The number of nitrogens with zero attached hydrogens (tertiary/aromatic N) is 2. The van der Waals surface area contributed by atoms with Gasteiger partial charge in [0.15, 0.2) is 0 Å². The first-order valence-corrected chi connectivity index (χ1v) is 8.89. The van der Waals surface area contributed by atoms with Crippen molar-refractivity contribution in [3.05, 3.63) is 29.8 Å². The molecule has 5 nitrogen and oxygen atoms in total. The fraction of sp³-hybridized carbons (Fsp3) is 0.611. The number of ether oxygens (including phenoxy) is 1. The van der Waals surface area contributed by atoms with Crippen LogP contribution in [0.4, 0.5) is 8.78 Å². The van der Waals surface area contributed by atoms with E-state index in [2.05, 4.69) is 15.0 Å². The molecule has 0 aliphatic carbocycles. The lowest BCUT2D eigenvalue weighted by Gasteiger charge is -2.37. The Labute approximate surface area is 146 Å². The number of alkyl halides is 2. The third kappa shape index (κ3) is 4.89. The number of hydrogen-bond acceptors (Lipinski definition) is 4. The Morgan fingerprint density at radius 2 is 2.00 bits per heavy atom. The monoisotopic (exact) mass is 353 g/mol. The second-order valence-corrected chi connectivity index (χ2v) is 6.68. The molecule has 2 aliphatic heterocycles. The van der Waals surface area contributed by atoms with E-state index in [1.165, 1.54) is 18.9 Å². The number of amides is 1. The van der Waals surface area contributed by atoms with Gasteiger partial charge in [0, 0.05) is 32.7 Å². The first-order valence-electron chi connectivity index (χ1n) is 8.89. The second-order valence-electron chi connectivity index (χ2n) is 6.68. The lowest BCUT2D eigenvalue weighted by Crippen LogP contribution is -2.50. The number of halogens is 2. The molecule has 2 saturated heterocycles. The van der Waals surface area contributed by atoms with E-state index in [0.717, 1.165) is 32.7 Å². The zero-order chi connectivity index (χ0) is 17.6. The predicted molar refractivity (Wildman–Crippen MR) is 91.0 cm³/mol. The number of hydrogen-bond donors (Lipinski definition) is 1. The molecular weight excluding hydrogens is 328 g/mol. The first kappa shape index (κ1) is 18.1. The fourth-order valence-electron chi connectivity index (χ4n) is 3.59. The summed E-state index contributed by atoms with van der Waals surface area (Å²) in [5, 5.41) is 3.43. The average molecular weight is 353 g/mol. The van der Waals surface area contributed by atoms with Gasteiger partial charge in [-0.3, -0.25) is 9.69 Å². The number of benzene rings is 1. The van der Waals surface area contributed by atoms with Crippen molar-refractivity contribution >= 4 is 5.91 Å². The smallest absolute Gasteiger partial charge is 0.387 e. The summed E-state index contributed by atoms with van der Waals surface area (Å²) < 4.78 is 29.5. The topological polar surface area (TPSA) is 44.8 Å². The molecule has 2 aliphatic rings. The zero-order valence-electron chi connectivity index (χ0n) is 14.3. The minimum atomic E-state index is -2.94. The van der Waals surface area contributed by atoms with Crippen molar-refractivity contribution in [3.63, 3.8) is 0 Å². The molecule has 7 heteroatoms. The van der Waals surface area contributed by atoms with Gasteiger partial charge in [0.25, 0.3) is 5.91 Å². The number of para-hydroxylation sites is 1. The van der Waals surface area contributed by atoms with Gasteiger partial charge in [-0.05, 0) is 44.0 Å². The minimum Gasteiger partial charge on any atom is -0.434 e. The summed E-state index contributed by atoms with van der Waals surface area (Å²) in [5.41, 5.74) is 0.202. The van der Waals surface area contributed by atoms with Crippen LogP contribution in [0.5, 0.6) is 5.75 Å². The van der Waals surface area contributed by atoms with Crippen LogP contribution in [0.2, 0.25) is 0 Å². The molecule has 1 unspecified atom stereocenters. The van der Waals surface area contributed by atoms with Crippen molar-refractivity contribution in [2.24, 2.45) is 5.92 Å². The van der Waals surface area contributed by atoms with E-state index in [0.29, 0.717) is 19.0 Å². The third-order valence-electron chi connectivity index (χ3n) is 4.91. The maximum atomic E-state index is 12.7. The highest BCUT2D eigenvalue weighted by Crippen LogP contribution is 2.23. The second kappa shape index (κ2) is 8.58. The summed E-state index contributed by atoms with van der Waals surface area (Å²) in [6, 6.07) is 6.20. The molecule has 138 valence electrons. The largest absolute Gasteiger partial charge is 0.434 e. The van der Waals surface area contributed by atoms with Crippen molar-refractivity contribution in [2.75, 3.05) is 45.8 Å². The molecule has 0 saturated carbocycles. The maximum Gasteiger partial charge on any atom is 0.387 e.